The number of likely N-dealkylation sites (N-methyl/N-ethyl adjacent to an activating group) is 1. The zero-order valence-corrected chi connectivity index (χ0v) is 13.6. The van der Waals surface area contributed by atoms with Crippen molar-refractivity contribution in [2.45, 2.75) is 25.9 Å². The molecule has 0 saturated heterocycles. The lowest BCUT2D eigenvalue weighted by atomic mass is 10.2. The van der Waals surface area contributed by atoms with E-state index in [2.05, 4.69) is 10.3 Å². The van der Waals surface area contributed by atoms with Gasteiger partial charge in [-0.1, -0.05) is 25.1 Å². The molecule has 22 heavy (non-hydrogen) atoms. The molecule has 118 valence electrons. The average molecular weight is 321 g/mol. The Kier molecular flexibility index (Phi) is 6.03. The van der Waals surface area contributed by atoms with E-state index in [9.17, 15) is 9.18 Å². The van der Waals surface area contributed by atoms with Gasteiger partial charge in [-0.2, -0.15) is 0 Å². The van der Waals surface area contributed by atoms with Crippen LogP contribution < -0.4 is 5.32 Å². The molecule has 0 fully saturated rings. The molecule has 2 aromatic rings. The second-order valence-corrected chi connectivity index (χ2v) is 6.09. The van der Waals surface area contributed by atoms with Crippen LogP contribution in [0.4, 0.5) is 4.39 Å². The molecule has 1 heterocycles. The van der Waals surface area contributed by atoms with Crippen molar-refractivity contribution < 1.29 is 9.18 Å². The van der Waals surface area contributed by atoms with Gasteiger partial charge in [-0.15, -0.1) is 11.3 Å². The lowest BCUT2D eigenvalue weighted by Gasteiger charge is -2.19. The van der Waals surface area contributed by atoms with Gasteiger partial charge in [-0.05, 0) is 19.5 Å². The molecule has 1 aromatic heterocycles. The van der Waals surface area contributed by atoms with Gasteiger partial charge >= 0.3 is 0 Å². The Labute approximate surface area is 134 Å². The molecule has 2 rings (SSSR count). The Bertz CT molecular complexity index is 603. The Morgan fingerprint density at radius 1 is 1.45 bits per heavy atom. The van der Waals surface area contributed by atoms with Gasteiger partial charge < -0.3 is 5.32 Å². The van der Waals surface area contributed by atoms with Crippen molar-refractivity contribution in [2.75, 3.05) is 13.6 Å². The van der Waals surface area contributed by atoms with Crippen molar-refractivity contribution >= 4 is 17.2 Å². The monoisotopic (exact) mass is 321 g/mol. The number of hydrogen-bond acceptors (Lipinski definition) is 4. The van der Waals surface area contributed by atoms with Gasteiger partial charge in [0.25, 0.3) is 0 Å². The minimum Gasteiger partial charge on any atom is -0.346 e. The van der Waals surface area contributed by atoms with Crippen molar-refractivity contribution in [3.05, 3.63) is 52.2 Å². The number of nitrogens with one attached hydrogen (secondary N) is 1. The molecule has 1 amide bonds. The Morgan fingerprint density at radius 2 is 2.23 bits per heavy atom. The van der Waals surface area contributed by atoms with E-state index in [1.165, 1.54) is 17.4 Å². The van der Waals surface area contributed by atoms with Crippen molar-refractivity contribution in [3.63, 3.8) is 0 Å². The van der Waals surface area contributed by atoms with E-state index in [-0.39, 0.29) is 24.3 Å². The molecule has 1 aromatic carbocycles. The predicted molar refractivity (Wildman–Crippen MR) is 86.0 cm³/mol. The van der Waals surface area contributed by atoms with Crippen LogP contribution in [-0.4, -0.2) is 29.4 Å². The summed E-state index contributed by atoms with van der Waals surface area (Å²) in [4.78, 5) is 18.2. The van der Waals surface area contributed by atoms with Crippen molar-refractivity contribution in [1.82, 2.24) is 15.2 Å². The first kappa shape index (κ1) is 16.6. The second kappa shape index (κ2) is 8.00. The minimum absolute atomic E-state index is 0.0608. The van der Waals surface area contributed by atoms with E-state index in [0.717, 1.165) is 11.4 Å². The van der Waals surface area contributed by atoms with Crippen molar-refractivity contribution in [3.8, 4) is 0 Å². The Morgan fingerprint density at radius 3 is 2.86 bits per heavy atom. The molecule has 0 radical (unpaired) electrons. The average Bonchev–Trinajstić information content (AvgIpc) is 3.01. The first-order valence-corrected chi connectivity index (χ1v) is 8.08. The van der Waals surface area contributed by atoms with Gasteiger partial charge in [-0.3, -0.25) is 9.69 Å². The maximum atomic E-state index is 13.6. The Balaban J connectivity index is 1.87. The summed E-state index contributed by atoms with van der Waals surface area (Å²) in [5.74, 6) is -0.329. The van der Waals surface area contributed by atoms with Crippen LogP contribution in [0.2, 0.25) is 0 Å². The number of hydrogen-bond donors (Lipinski definition) is 1. The molecule has 1 N–H and O–H groups in total. The fourth-order valence-corrected chi connectivity index (χ4v) is 2.98. The molecular formula is C16H20FN3OS. The van der Waals surface area contributed by atoms with Crippen LogP contribution in [0.3, 0.4) is 0 Å². The maximum Gasteiger partial charge on any atom is 0.234 e. The summed E-state index contributed by atoms with van der Waals surface area (Å²) in [5.41, 5.74) is 0.588. The SMILES string of the molecule is CC[C@@H](NC(=O)CN(C)Cc1ccccc1F)c1nccs1. The molecule has 0 bridgehead atoms. The van der Waals surface area contributed by atoms with Crippen LogP contribution in [0.15, 0.2) is 35.8 Å². The normalized spacial score (nSPS) is 12.4. The molecule has 0 spiro atoms. The largest absolute Gasteiger partial charge is 0.346 e. The highest BCUT2D eigenvalue weighted by Crippen LogP contribution is 2.18. The number of rotatable bonds is 7. The summed E-state index contributed by atoms with van der Waals surface area (Å²) in [6, 6.07) is 6.55. The smallest absolute Gasteiger partial charge is 0.234 e. The summed E-state index contributed by atoms with van der Waals surface area (Å²) >= 11 is 1.53. The first-order valence-electron chi connectivity index (χ1n) is 7.20. The lowest BCUT2D eigenvalue weighted by Crippen LogP contribution is -2.37. The van der Waals surface area contributed by atoms with Gasteiger partial charge in [0.2, 0.25) is 5.91 Å². The topological polar surface area (TPSA) is 45.2 Å². The predicted octanol–water partition coefficient (Wildman–Crippen LogP) is 2.98. The van der Waals surface area contributed by atoms with Crippen molar-refractivity contribution in [2.24, 2.45) is 0 Å². The van der Waals surface area contributed by atoms with Gasteiger partial charge in [0.1, 0.15) is 10.8 Å². The molecule has 6 heteroatoms. The van der Waals surface area contributed by atoms with Crippen molar-refractivity contribution in [1.29, 1.82) is 0 Å². The first-order chi connectivity index (χ1) is 10.6. The number of carbonyl (C=O) groups excluding carboxylic acids is 1. The molecular weight excluding hydrogens is 301 g/mol. The number of benzene rings is 1. The van der Waals surface area contributed by atoms with Gasteiger partial charge in [0.15, 0.2) is 0 Å². The molecule has 0 aliphatic carbocycles. The number of carbonyl (C=O) groups is 1. The van der Waals surface area contributed by atoms with E-state index in [4.69, 9.17) is 0 Å². The summed E-state index contributed by atoms with van der Waals surface area (Å²) in [6.45, 7) is 2.62. The van der Waals surface area contributed by atoms with E-state index in [0.29, 0.717) is 12.1 Å². The zero-order chi connectivity index (χ0) is 15.9. The number of aromatic nitrogens is 1. The van der Waals surface area contributed by atoms with Crippen LogP contribution in [0, 0.1) is 5.82 Å². The molecule has 0 aliphatic rings. The summed E-state index contributed by atoms with van der Waals surface area (Å²) < 4.78 is 13.6. The highest BCUT2D eigenvalue weighted by Gasteiger charge is 2.16. The van der Waals surface area contributed by atoms with E-state index in [1.807, 2.05) is 12.3 Å². The van der Waals surface area contributed by atoms with Crippen LogP contribution >= 0.6 is 11.3 Å². The van der Waals surface area contributed by atoms with Gasteiger partial charge in [0, 0.05) is 23.7 Å². The quantitative estimate of drug-likeness (QED) is 0.853. The summed E-state index contributed by atoms with van der Waals surface area (Å²) in [7, 11) is 1.80. The molecule has 0 aliphatic heterocycles. The van der Waals surface area contributed by atoms with Crippen LogP contribution in [0.25, 0.3) is 0 Å². The minimum atomic E-state index is -0.246. The summed E-state index contributed by atoms with van der Waals surface area (Å²) in [6.07, 6.45) is 2.52. The fraction of sp³-hybridized carbons (Fsp3) is 0.375. The van der Waals surface area contributed by atoms with Crippen LogP contribution in [0.1, 0.15) is 30.0 Å². The molecule has 0 unspecified atom stereocenters. The van der Waals surface area contributed by atoms with E-state index in [1.54, 1.807) is 36.3 Å². The third kappa shape index (κ3) is 4.61. The summed E-state index contributed by atoms with van der Waals surface area (Å²) in [5, 5.41) is 5.78. The highest BCUT2D eigenvalue weighted by molar-refractivity contribution is 7.09. The third-order valence-corrected chi connectivity index (χ3v) is 4.19. The van der Waals surface area contributed by atoms with E-state index < -0.39 is 0 Å². The third-order valence-electron chi connectivity index (χ3n) is 3.30. The molecule has 4 nitrogen and oxygen atoms in total. The standard InChI is InChI=1S/C16H20FN3OS/c1-3-14(16-18-8-9-22-16)19-15(21)11-20(2)10-12-6-4-5-7-13(12)17/h4-9,14H,3,10-11H2,1-2H3,(H,19,21)/t14-/m1/s1. The number of thiazole rings is 1. The number of amides is 1. The molecule has 0 saturated carbocycles. The number of halogens is 1. The fourth-order valence-electron chi connectivity index (χ4n) is 2.20. The van der Waals surface area contributed by atoms with Crippen LogP contribution in [0.5, 0.6) is 0 Å². The highest BCUT2D eigenvalue weighted by atomic mass is 32.1. The maximum absolute atomic E-state index is 13.6. The zero-order valence-electron chi connectivity index (χ0n) is 12.8. The van der Waals surface area contributed by atoms with E-state index >= 15 is 0 Å². The number of nitrogens with zero attached hydrogens (tertiary/aromatic N) is 2. The second-order valence-electron chi connectivity index (χ2n) is 5.16. The van der Waals surface area contributed by atoms with Gasteiger partial charge in [-0.25, -0.2) is 9.37 Å². The van der Waals surface area contributed by atoms with Crippen LogP contribution in [-0.2, 0) is 11.3 Å². The lowest BCUT2D eigenvalue weighted by molar-refractivity contribution is -0.122. The van der Waals surface area contributed by atoms with Gasteiger partial charge in [0.05, 0.1) is 12.6 Å². The Hall–Kier alpha value is -1.79. The molecule has 1 atom stereocenters.